The van der Waals surface area contributed by atoms with Gasteiger partial charge in [0.15, 0.2) is 11.8 Å². The van der Waals surface area contributed by atoms with Crippen molar-refractivity contribution >= 4 is 29.3 Å². The first-order valence-electron chi connectivity index (χ1n) is 11.9. The molecule has 1 atom stereocenters. The number of ether oxygens (including phenoxy) is 4. The Morgan fingerprint density at radius 3 is 2.39 bits per heavy atom. The van der Waals surface area contributed by atoms with Crippen molar-refractivity contribution < 1.29 is 33.3 Å². The molecule has 0 aromatic heterocycles. The number of carbonyl (C=O) groups is 3. The number of hydrogen-bond donors (Lipinski definition) is 2. The van der Waals surface area contributed by atoms with E-state index in [2.05, 4.69) is 10.6 Å². The summed E-state index contributed by atoms with van der Waals surface area (Å²) in [6.07, 6.45) is -1.06. The molecule has 36 heavy (non-hydrogen) atoms. The highest BCUT2D eigenvalue weighted by Gasteiger charge is 2.54. The maximum atomic E-state index is 14.0. The van der Waals surface area contributed by atoms with E-state index in [0.29, 0.717) is 35.9 Å². The molecule has 0 fully saturated rings. The van der Waals surface area contributed by atoms with Crippen LogP contribution in [-0.4, -0.2) is 57.7 Å². The van der Waals surface area contributed by atoms with E-state index in [0.717, 1.165) is 0 Å². The minimum absolute atomic E-state index is 0.0846. The maximum Gasteiger partial charge on any atom is 0.320 e. The van der Waals surface area contributed by atoms with Crippen LogP contribution in [0, 0.1) is 0 Å². The van der Waals surface area contributed by atoms with Crippen LogP contribution >= 0.6 is 0 Å². The van der Waals surface area contributed by atoms with Crippen LogP contribution in [0.25, 0.3) is 0 Å². The summed E-state index contributed by atoms with van der Waals surface area (Å²) in [4.78, 5) is 41.3. The average Bonchev–Trinajstić information content (AvgIpc) is 3.07. The van der Waals surface area contributed by atoms with E-state index in [4.69, 9.17) is 18.9 Å². The lowest BCUT2D eigenvalue weighted by Crippen LogP contribution is -2.56. The van der Waals surface area contributed by atoms with Gasteiger partial charge in [-0.2, -0.15) is 0 Å². The highest BCUT2D eigenvalue weighted by molar-refractivity contribution is 6.11. The van der Waals surface area contributed by atoms with E-state index in [1.807, 2.05) is 13.8 Å². The standard InChI is InChI=1S/C26H33N3O7/c1-5-34-22(30)16-26(28-25(32)27-18-11-10-12-19(15-18)33-4)20-13-8-9-14-21(20)29(24(26)31)17-23(35-6-2)36-7-3/h8-15,23H,5-7,16-17H2,1-4H3,(H2,27,28,32). The molecule has 1 heterocycles. The third-order valence-corrected chi connectivity index (χ3v) is 5.67. The summed E-state index contributed by atoms with van der Waals surface area (Å²) in [6, 6.07) is 13.1. The molecule has 3 amide bonds. The van der Waals surface area contributed by atoms with E-state index in [1.165, 1.54) is 12.0 Å². The first kappa shape index (κ1) is 27.0. The van der Waals surface area contributed by atoms with Gasteiger partial charge in [-0.05, 0) is 39.0 Å². The van der Waals surface area contributed by atoms with Crippen molar-refractivity contribution in [2.75, 3.05) is 43.7 Å². The zero-order valence-corrected chi connectivity index (χ0v) is 21.0. The molecule has 1 unspecified atom stereocenters. The molecule has 1 aliphatic heterocycles. The van der Waals surface area contributed by atoms with Gasteiger partial charge in [0.25, 0.3) is 5.91 Å². The predicted octanol–water partition coefficient (Wildman–Crippen LogP) is 3.41. The first-order chi connectivity index (χ1) is 17.4. The summed E-state index contributed by atoms with van der Waals surface area (Å²) in [5, 5.41) is 5.50. The minimum Gasteiger partial charge on any atom is -0.497 e. The normalized spacial score (nSPS) is 16.6. The Balaban J connectivity index is 1.98. The van der Waals surface area contributed by atoms with Gasteiger partial charge in [0.05, 0.1) is 32.4 Å². The Hall–Kier alpha value is -3.63. The van der Waals surface area contributed by atoms with E-state index >= 15 is 0 Å². The van der Waals surface area contributed by atoms with Crippen LogP contribution < -0.4 is 20.3 Å². The zero-order valence-electron chi connectivity index (χ0n) is 21.0. The van der Waals surface area contributed by atoms with Crippen LogP contribution in [0.5, 0.6) is 5.75 Å². The lowest BCUT2D eigenvalue weighted by Gasteiger charge is -2.30. The number of fused-ring (bicyclic) bond motifs is 1. The van der Waals surface area contributed by atoms with E-state index in [9.17, 15) is 14.4 Å². The lowest BCUT2D eigenvalue weighted by atomic mass is 9.87. The summed E-state index contributed by atoms with van der Waals surface area (Å²) in [6.45, 7) is 6.36. The van der Waals surface area contributed by atoms with Crippen molar-refractivity contribution in [3.05, 3.63) is 54.1 Å². The van der Waals surface area contributed by atoms with Crippen molar-refractivity contribution in [1.82, 2.24) is 5.32 Å². The quantitative estimate of drug-likeness (QED) is 0.340. The number of esters is 1. The van der Waals surface area contributed by atoms with Crippen LogP contribution in [0.4, 0.5) is 16.2 Å². The SMILES string of the molecule is CCOC(=O)CC1(NC(=O)Nc2cccc(OC)c2)C(=O)N(CC(OCC)OCC)c2ccccc21. The molecule has 1 aliphatic rings. The fourth-order valence-corrected chi connectivity index (χ4v) is 4.20. The van der Waals surface area contributed by atoms with Gasteiger partial charge in [-0.3, -0.25) is 9.59 Å². The molecule has 2 N–H and O–H groups in total. The fourth-order valence-electron chi connectivity index (χ4n) is 4.20. The van der Waals surface area contributed by atoms with Gasteiger partial charge in [0, 0.05) is 30.5 Å². The Labute approximate surface area is 210 Å². The molecular formula is C26H33N3O7. The summed E-state index contributed by atoms with van der Waals surface area (Å²) >= 11 is 0. The second-order valence-electron chi connectivity index (χ2n) is 7.97. The lowest BCUT2D eigenvalue weighted by molar-refractivity contribution is -0.148. The van der Waals surface area contributed by atoms with Gasteiger partial charge < -0.3 is 34.5 Å². The van der Waals surface area contributed by atoms with E-state index in [-0.39, 0.29) is 19.6 Å². The molecule has 0 bridgehead atoms. The molecule has 3 rings (SSSR count). The highest BCUT2D eigenvalue weighted by Crippen LogP contribution is 2.43. The molecular weight excluding hydrogens is 466 g/mol. The van der Waals surface area contributed by atoms with Crippen LogP contribution in [0.15, 0.2) is 48.5 Å². The first-order valence-corrected chi connectivity index (χ1v) is 11.9. The summed E-state index contributed by atoms with van der Waals surface area (Å²) in [7, 11) is 1.52. The molecule has 2 aromatic rings. The number of carbonyl (C=O) groups excluding carboxylic acids is 3. The minimum atomic E-state index is -1.69. The van der Waals surface area contributed by atoms with E-state index < -0.39 is 29.7 Å². The largest absolute Gasteiger partial charge is 0.497 e. The number of hydrogen-bond acceptors (Lipinski definition) is 7. The van der Waals surface area contributed by atoms with Gasteiger partial charge in [-0.1, -0.05) is 24.3 Å². The summed E-state index contributed by atoms with van der Waals surface area (Å²) in [5.74, 6) is -0.544. The van der Waals surface area contributed by atoms with Gasteiger partial charge in [0.2, 0.25) is 0 Å². The Bertz CT molecular complexity index is 1070. The Morgan fingerprint density at radius 2 is 1.72 bits per heavy atom. The van der Waals surface area contributed by atoms with Gasteiger partial charge in [-0.15, -0.1) is 0 Å². The van der Waals surface area contributed by atoms with Crippen LogP contribution in [0.1, 0.15) is 32.8 Å². The number of rotatable bonds is 12. The van der Waals surface area contributed by atoms with Crippen molar-refractivity contribution in [3.63, 3.8) is 0 Å². The molecule has 0 radical (unpaired) electrons. The van der Waals surface area contributed by atoms with Crippen molar-refractivity contribution in [1.29, 1.82) is 0 Å². The van der Waals surface area contributed by atoms with E-state index in [1.54, 1.807) is 55.5 Å². The molecule has 10 nitrogen and oxygen atoms in total. The van der Waals surface area contributed by atoms with Crippen molar-refractivity contribution in [2.24, 2.45) is 0 Å². The third-order valence-electron chi connectivity index (χ3n) is 5.67. The average molecular weight is 500 g/mol. The number of anilines is 2. The van der Waals surface area contributed by atoms with Gasteiger partial charge in [0.1, 0.15) is 5.75 Å². The number of amides is 3. The molecule has 10 heteroatoms. The molecule has 0 saturated heterocycles. The topological polar surface area (TPSA) is 115 Å². The highest BCUT2D eigenvalue weighted by atomic mass is 16.7. The predicted molar refractivity (Wildman–Crippen MR) is 134 cm³/mol. The molecule has 0 aliphatic carbocycles. The fraction of sp³-hybridized carbons (Fsp3) is 0.423. The number of methoxy groups -OCH3 is 1. The monoisotopic (exact) mass is 499 g/mol. The van der Waals surface area contributed by atoms with Crippen molar-refractivity contribution in [3.8, 4) is 5.75 Å². The second kappa shape index (κ2) is 12.4. The molecule has 0 spiro atoms. The maximum absolute atomic E-state index is 14.0. The summed E-state index contributed by atoms with van der Waals surface area (Å²) in [5.41, 5.74) is -0.190. The zero-order chi connectivity index (χ0) is 26.1. The number of para-hydroxylation sites is 1. The van der Waals surface area contributed by atoms with Crippen LogP contribution in [0.2, 0.25) is 0 Å². The number of benzene rings is 2. The third kappa shape index (κ3) is 5.95. The van der Waals surface area contributed by atoms with Crippen LogP contribution in [0.3, 0.4) is 0 Å². The number of nitrogens with one attached hydrogen (secondary N) is 2. The second-order valence-corrected chi connectivity index (χ2v) is 7.97. The van der Waals surface area contributed by atoms with Crippen LogP contribution in [-0.2, 0) is 29.3 Å². The Kier molecular flexibility index (Phi) is 9.26. The number of nitrogens with zero attached hydrogens (tertiary/aromatic N) is 1. The smallest absolute Gasteiger partial charge is 0.320 e. The molecule has 0 saturated carbocycles. The van der Waals surface area contributed by atoms with Gasteiger partial charge in [-0.25, -0.2) is 4.79 Å². The van der Waals surface area contributed by atoms with Crippen molar-refractivity contribution in [2.45, 2.75) is 39.0 Å². The van der Waals surface area contributed by atoms with Gasteiger partial charge >= 0.3 is 12.0 Å². The summed E-state index contributed by atoms with van der Waals surface area (Å²) < 4.78 is 21.7. The molecule has 194 valence electrons. The number of urea groups is 1. The molecule has 2 aromatic carbocycles. The Morgan fingerprint density at radius 1 is 1.00 bits per heavy atom.